The summed E-state index contributed by atoms with van der Waals surface area (Å²) < 4.78 is 0. The molecular weight excluding hydrogens is 254 g/mol. The second-order valence-corrected chi connectivity index (χ2v) is 4.23. The fourth-order valence-electron chi connectivity index (χ4n) is 1.73. The van der Waals surface area contributed by atoms with E-state index in [4.69, 9.17) is 5.73 Å². The molecule has 4 N–H and O–H groups in total. The van der Waals surface area contributed by atoms with Crippen LogP contribution in [-0.4, -0.2) is 11.9 Å². The molecule has 0 atom stereocenters. The standard InChI is InChI=1S/C15H15N3O2/c16-15(20)18-13-8-6-12(7-9-13)14(19)17-10-11-4-2-1-3-5-11/h1-9H,10H2,(H,17,19)(H3,16,18,20). The zero-order chi connectivity index (χ0) is 14.4. The zero-order valence-corrected chi connectivity index (χ0v) is 10.8. The zero-order valence-electron chi connectivity index (χ0n) is 10.8. The third-order valence-electron chi connectivity index (χ3n) is 2.71. The quantitative estimate of drug-likeness (QED) is 0.794. The number of primary amides is 1. The highest BCUT2D eigenvalue weighted by atomic mass is 16.2. The predicted octanol–water partition coefficient (Wildman–Crippen LogP) is 2.11. The molecule has 0 aliphatic heterocycles. The molecule has 5 nitrogen and oxygen atoms in total. The first-order valence-electron chi connectivity index (χ1n) is 6.14. The molecule has 0 unspecified atom stereocenters. The van der Waals surface area contributed by atoms with Gasteiger partial charge in [0.05, 0.1) is 0 Å². The highest BCUT2D eigenvalue weighted by molar-refractivity contribution is 5.95. The van der Waals surface area contributed by atoms with Crippen molar-refractivity contribution in [3.05, 3.63) is 65.7 Å². The molecule has 0 heterocycles. The third kappa shape index (κ3) is 3.84. The Labute approximate surface area is 116 Å². The van der Waals surface area contributed by atoms with Gasteiger partial charge >= 0.3 is 6.03 Å². The molecule has 3 amide bonds. The second-order valence-electron chi connectivity index (χ2n) is 4.23. The van der Waals surface area contributed by atoms with Gasteiger partial charge in [-0.2, -0.15) is 0 Å². The Morgan fingerprint density at radius 3 is 2.20 bits per heavy atom. The van der Waals surface area contributed by atoms with Gasteiger partial charge in [-0.25, -0.2) is 4.79 Å². The first-order chi connectivity index (χ1) is 9.65. The summed E-state index contributed by atoms with van der Waals surface area (Å²) in [5, 5.41) is 5.26. The molecule has 0 spiro atoms. The Balaban J connectivity index is 1.94. The van der Waals surface area contributed by atoms with Gasteiger partial charge in [-0.15, -0.1) is 0 Å². The molecular formula is C15H15N3O2. The summed E-state index contributed by atoms with van der Waals surface area (Å²) in [5.41, 5.74) is 7.12. The third-order valence-corrected chi connectivity index (χ3v) is 2.71. The number of hydrogen-bond donors (Lipinski definition) is 3. The van der Waals surface area contributed by atoms with Crippen LogP contribution in [0.2, 0.25) is 0 Å². The summed E-state index contributed by atoms with van der Waals surface area (Å²) in [4.78, 5) is 22.6. The molecule has 2 rings (SSSR count). The minimum absolute atomic E-state index is 0.167. The molecule has 5 heteroatoms. The summed E-state index contributed by atoms with van der Waals surface area (Å²) in [5.74, 6) is -0.167. The molecule has 102 valence electrons. The number of anilines is 1. The molecule has 20 heavy (non-hydrogen) atoms. The van der Waals surface area contributed by atoms with Crippen molar-refractivity contribution in [2.24, 2.45) is 5.73 Å². The fraction of sp³-hybridized carbons (Fsp3) is 0.0667. The van der Waals surface area contributed by atoms with Gasteiger partial charge < -0.3 is 16.4 Å². The molecule has 2 aromatic carbocycles. The average molecular weight is 269 g/mol. The number of amides is 3. The lowest BCUT2D eigenvalue weighted by Gasteiger charge is -2.06. The van der Waals surface area contributed by atoms with Crippen molar-refractivity contribution in [3.8, 4) is 0 Å². The molecule has 0 aromatic heterocycles. The summed E-state index contributed by atoms with van der Waals surface area (Å²) in [6, 6.07) is 15.5. The van der Waals surface area contributed by atoms with Crippen molar-refractivity contribution in [2.75, 3.05) is 5.32 Å². The molecule has 0 fully saturated rings. The van der Waals surface area contributed by atoms with Crippen LogP contribution in [0.25, 0.3) is 0 Å². The van der Waals surface area contributed by atoms with E-state index in [1.54, 1.807) is 24.3 Å². The minimum Gasteiger partial charge on any atom is -0.351 e. The van der Waals surface area contributed by atoms with Crippen LogP contribution >= 0.6 is 0 Å². The monoisotopic (exact) mass is 269 g/mol. The first kappa shape index (κ1) is 13.6. The normalized spacial score (nSPS) is 9.80. The SMILES string of the molecule is NC(=O)Nc1ccc(C(=O)NCc2ccccc2)cc1. The summed E-state index contributed by atoms with van der Waals surface area (Å²) >= 11 is 0. The smallest absolute Gasteiger partial charge is 0.316 e. The Hall–Kier alpha value is -2.82. The maximum atomic E-state index is 11.9. The van der Waals surface area contributed by atoms with E-state index in [1.807, 2.05) is 30.3 Å². The van der Waals surface area contributed by atoms with E-state index >= 15 is 0 Å². The maximum absolute atomic E-state index is 11.9. The fourth-order valence-corrected chi connectivity index (χ4v) is 1.73. The topological polar surface area (TPSA) is 84.2 Å². The number of nitrogens with one attached hydrogen (secondary N) is 2. The molecule has 0 aliphatic carbocycles. The summed E-state index contributed by atoms with van der Waals surface area (Å²) in [7, 11) is 0. The van der Waals surface area contributed by atoms with E-state index in [-0.39, 0.29) is 5.91 Å². The number of benzene rings is 2. The van der Waals surface area contributed by atoms with E-state index in [1.165, 1.54) is 0 Å². The van der Waals surface area contributed by atoms with Crippen LogP contribution in [0, 0.1) is 0 Å². The first-order valence-corrected chi connectivity index (χ1v) is 6.14. The van der Waals surface area contributed by atoms with Crippen molar-refractivity contribution >= 4 is 17.6 Å². The van der Waals surface area contributed by atoms with Gasteiger partial charge in [-0.05, 0) is 29.8 Å². The van der Waals surface area contributed by atoms with Crippen LogP contribution in [0.1, 0.15) is 15.9 Å². The van der Waals surface area contributed by atoms with Crippen LogP contribution in [0.3, 0.4) is 0 Å². The second kappa shape index (κ2) is 6.38. The molecule has 0 bridgehead atoms. The molecule has 2 aromatic rings. The van der Waals surface area contributed by atoms with Crippen molar-refractivity contribution in [1.82, 2.24) is 5.32 Å². The van der Waals surface area contributed by atoms with Crippen molar-refractivity contribution in [2.45, 2.75) is 6.54 Å². The van der Waals surface area contributed by atoms with Crippen LogP contribution in [-0.2, 0) is 6.54 Å². The highest BCUT2D eigenvalue weighted by Gasteiger charge is 2.05. The summed E-state index contributed by atoms with van der Waals surface area (Å²) in [6.45, 7) is 0.473. The lowest BCUT2D eigenvalue weighted by atomic mass is 10.2. The molecule has 0 aliphatic rings. The number of carbonyl (C=O) groups excluding carboxylic acids is 2. The van der Waals surface area contributed by atoms with Gasteiger partial charge in [0.25, 0.3) is 5.91 Å². The van der Waals surface area contributed by atoms with Gasteiger partial charge in [-0.1, -0.05) is 30.3 Å². The van der Waals surface area contributed by atoms with Crippen molar-refractivity contribution in [3.63, 3.8) is 0 Å². The van der Waals surface area contributed by atoms with Gasteiger partial charge in [0, 0.05) is 17.8 Å². The van der Waals surface area contributed by atoms with Crippen LogP contribution < -0.4 is 16.4 Å². The van der Waals surface area contributed by atoms with E-state index in [0.29, 0.717) is 17.8 Å². The van der Waals surface area contributed by atoms with Gasteiger partial charge in [0.1, 0.15) is 0 Å². The Bertz CT molecular complexity index is 594. The van der Waals surface area contributed by atoms with Crippen LogP contribution in [0.4, 0.5) is 10.5 Å². The largest absolute Gasteiger partial charge is 0.351 e. The minimum atomic E-state index is -0.633. The maximum Gasteiger partial charge on any atom is 0.316 e. The number of rotatable bonds is 4. The van der Waals surface area contributed by atoms with E-state index in [9.17, 15) is 9.59 Å². The number of hydrogen-bond acceptors (Lipinski definition) is 2. The molecule has 0 radical (unpaired) electrons. The number of nitrogens with two attached hydrogens (primary N) is 1. The Morgan fingerprint density at radius 2 is 1.60 bits per heavy atom. The average Bonchev–Trinajstić information content (AvgIpc) is 2.46. The van der Waals surface area contributed by atoms with Gasteiger partial charge in [-0.3, -0.25) is 4.79 Å². The number of carbonyl (C=O) groups is 2. The number of urea groups is 1. The van der Waals surface area contributed by atoms with E-state index in [2.05, 4.69) is 10.6 Å². The lowest BCUT2D eigenvalue weighted by Crippen LogP contribution is -2.23. The lowest BCUT2D eigenvalue weighted by molar-refractivity contribution is 0.0951. The predicted molar refractivity (Wildman–Crippen MR) is 77.3 cm³/mol. The molecule has 0 saturated carbocycles. The van der Waals surface area contributed by atoms with Crippen LogP contribution in [0.15, 0.2) is 54.6 Å². The highest BCUT2D eigenvalue weighted by Crippen LogP contribution is 2.09. The van der Waals surface area contributed by atoms with Crippen LogP contribution in [0.5, 0.6) is 0 Å². The Kier molecular flexibility index (Phi) is 4.34. The van der Waals surface area contributed by atoms with Gasteiger partial charge in [0.15, 0.2) is 0 Å². The van der Waals surface area contributed by atoms with E-state index < -0.39 is 6.03 Å². The van der Waals surface area contributed by atoms with Crippen molar-refractivity contribution in [1.29, 1.82) is 0 Å². The van der Waals surface area contributed by atoms with Gasteiger partial charge in [0.2, 0.25) is 0 Å². The van der Waals surface area contributed by atoms with E-state index in [0.717, 1.165) is 5.56 Å². The van der Waals surface area contributed by atoms with Crippen molar-refractivity contribution < 1.29 is 9.59 Å². The Morgan fingerprint density at radius 1 is 0.950 bits per heavy atom. The molecule has 0 saturated heterocycles. The summed E-state index contributed by atoms with van der Waals surface area (Å²) in [6.07, 6.45) is 0.